The topological polar surface area (TPSA) is 54.3 Å². The molecule has 2 fully saturated rings. The Balaban J connectivity index is 1.52. The van der Waals surface area contributed by atoms with Gasteiger partial charge in [0, 0.05) is 49.0 Å². The van der Waals surface area contributed by atoms with Crippen LogP contribution in [0, 0.1) is 0 Å². The number of piperidine rings is 1. The molecule has 6 nitrogen and oxygen atoms in total. The Bertz CT molecular complexity index is 852. The van der Waals surface area contributed by atoms with Gasteiger partial charge in [0.1, 0.15) is 0 Å². The van der Waals surface area contributed by atoms with Crippen molar-refractivity contribution < 1.29 is 4.79 Å². The van der Waals surface area contributed by atoms with Crippen molar-refractivity contribution in [2.45, 2.75) is 70.0 Å². The Morgan fingerprint density at radius 2 is 1.79 bits per heavy atom. The standard InChI is InChI=1S/C22H31N5O/c1-22(2,3)20-14-26(24-23-20)19-12-17-9-10-18(13-19)27(17)21(28)15-7-6-8-16(11-15)25(4)5/h6-8,11,14,17-19H,9-10,12-13H2,1-5H3. The molecule has 1 amide bonds. The van der Waals surface area contributed by atoms with Gasteiger partial charge in [0.25, 0.3) is 5.91 Å². The number of fused-ring (bicyclic) bond motifs is 2. The fourth-order valence-corrected chi connectivity index (χ4v) is 4.56. The molecule has 2 unspecified atom stereocenters. The van der Waals surface area contributed by atoms with E-state index < -0.39 is 0 Å². The number of amides is 1. The maximum atomic E-state index is 13.3. The minimum Gasteiger partial charge on any atom is -0.378 e. The summed E-state index contributed by atoms with van der Waals surface area (Å²) >= 11 is 0. The molecule has 150 valence electrons. The summed E-state index contributed by atoms with van der Waals surface area (Å²) in [5, 5.41) is 8.81. The van der Waals surface area contributed by atoms with Crippen LogP contribution in [0.3, 0.4) is 0 Å². The summed E-state index contributed by atoms with van der Waals surface area (Å²) in [7, 11) is 4.01. The summed E-state index contributed by atoms with van der Waals surface area (Å²) in [5.74, 6) is 0.170. The second-order valence-electron chi connectivity index (χ2n) is 9.50. The summed E-state index contributed by atoms with van der Waals surface area (Å²) in [4.78, 5) is 17.5. The number of nitrogens with zero attached hydrogens (tertiary/aromatic N) is 5. The molecule has 2 aromatic rings. The minimum absolute atomic E-state index is 0.00531. The van der Waals surface area contributed by atoms with Crippen LogP contribution < -0.4 is 4.90 Å². The number of hydrogen-bond donors (Lipinski definition) is 0. The van der Waals surface area contributed by atoms with Crippen molar-refractivity contribution in [1.82, 2.24) is 19.9 Å². The lowest BCUT2D eigenvalue weighted by atomic mass is 9.92. The quantitative estimate of drug-likeness (QED) is 0.814. The average molecular weight is 382 g/mol. The van der Waals surface area contributed by atoms with Crippen LogP contribution in [0.15, 0.2) is 30.5 Å². The molecule has 3 heterocycles. The lowest BCUT2D eigenvalue weighted by Crippen LogP contribution is -2.47. The van der Waals surface area contributed by atoms with Crippen LogP contribution >= 0.6 is 0 Å². The maximum Gasteiger partial charge on any atom is 0.254 e. The summed E-state index contributed by atoms with van der Waals surface area (Å²) in [6.07, 6.45) is 6.19. The highest BCUT2D eigenvalue weighted by Gasteiger charge is 2.44. The maximum absolute atomic E-state index is 13.3. The highest BCUT2D eigenvalue weighted by atomic mass is 16.2. The van der Waals surface area contributed by atoms with Crippen molar-refractivity contribution in [3.8, 4) is 0 Å². The van der Waals surface area contributed by atoms with E-state index in [-0.39, 0.29) is 11.3 Å². The van der Waals surface area contributed by atoms with Crippen LogP contribution in [0.4, 0.5) is 5.69 Å². The van der Waals surface area contributed by atoms with E-state index in [0.29, 0.717) is 18.1 Å². The predicted octanol–water partition coefficient (Wildman–Crippen LogP) is 3.65. The summed E-state index contributed by atoms with van der Waals surface area (Å²) in [6, 6.07) is 8.87. The number of benzene rings is 1. The zero-order valence-electron chi connectivity index (χ0n) is 17.6. The predicted molar refractivity (Wildman–Crippen MR) is 111 cm³/mol. The van der Waals surface area contributed by atoms with Gasteiger partial charge in [0.05, 0.1) is 11.7 Å². The fourth-order valence-electron chi connectivity index (χ4n) is 4.56. The molecule has 1 aromatic heterocycles. The molecule has 0 radical (unpaired) electrons. The van der Waals surface area contributed by atoms with Gasteiger partial charge in [-0.25, -0.2) is 4.68 Å². The van der Waals surface area contributed by atoms with Gasteiger partial charge < -0.3 is 9.80 Å². The molecule has 0 spiro atoms. The van der Waals surface area contributed by atoms with Gasteiger partial charge in [-0.15, -0.1) is 5.10 Å². The van der Waals surface area contributed by atoms with Gasteiger partial charge in [-0.1, -0.05) is 32.1 Å². The third-order valence-corrected chi connectivity index (χ3v) is 6.21. The van der Waals surface area contributed by atoms with Crippen molar-refractivity contribution in [3.05, 3.63) is 41.7 Å². The van der Waals surface area contributed by atoms with Crippen LogP contribution in [-0.2, 0) is 5.41 Å². The summed E-state index contributed by atoms with van der Waals surface area (Å²) < 4.78 is 2.04. The third kappa shape index (κ3) is 3.40. The van der Waals surface area contributed by atoms with Crippen LogP contribution in [-0.4, -0.2) is 52.0 Å². The van der Waals surface area contributed by atoms with Crippen molar-refractivity contribution in [2.24, 2.45) is 0 Å². The SMILES string of the molecule is CN(C)c1cccc(C(=O)N2C3CCC2CC(n2cc(C(C)(C)C)nn2)C3)c1. The second-order valence-corrected chi connectivity index (χ2v) is 9.50. The zero-order chi connectivity index (χ0) is 20.1. The van der Waals surface area contributed by atoms with E-state index in [1.807, 2.05) is 47.9 Å². The van der Waals surface area contributed by atoms with E-state index in [0.717, 1.165) is 42.6 Å². The van der Waals surface area contributed by atoms with Crippen LogP contribution in [0.2, 0.25) is 0 Å². The first-order valence-corrected chi connectivity index (χ1v) is 10.3. The van der Waals surface area contributed by atoms with Crippen LogP contribution in [0.5, 0.6) is 0 Å². The molecule has 2 bridgehead atoms. The molecule has 4 rings (SSSR count). The van der Waals surface area contributed by atoms with Gasteiger partial charge in [-0.05, 0) is 43.9 Å². The molecule has 2 saturated heterocycles. The molecule has 1 aromatic carbocycles. The van der Waals surface area contributed by atoms with Crippen LogP contribution in [0.1, 0.15) is 68.5 Å². The number of anilines is 1. The smallest absolute Gasteiger partial charge is 0.254 e. The lowest BCUT2D eigenvalue weighted by molar-refractivity contribution is 0.0523. The van der Waals surface area contributed by atoms with E-state index in [2.05, 4.69) is 42.2 Å². The van der Waals surface area contributed by atoms with E-state index in [1.165, 1.54) is 0 Å². The first kappa shape index (κ1) is 19.0. The average Bonchev–Trinajstić information content (AvgIpc) is 3.24. The number of carbonyl (C=O) groups is 1. The molecule has 6 heteroatoms. The Morgan fingerprint density at radius 1 is 1.11 bits per heavy atom. The van der Waals surface area contributed by atoms with Gasteiger partial charge in [-0.2, -0.15) is 0 Å². The molecule has 2 aliphatic rings. The largest absolute Gasteiger partial charge is 0.378 e. The molecular weight excluding hydrogens is 350 g/mol. The second kappa shape index (κ2) is 6.90. The summed E-state index contributed by atoms with van der Waals surface area (Å²) in [6.45, 7) is 6.48. The van der Waals surface area contributed by atoms with E-state index >= 15 is 0 Å². The Labute approximate surface area is 167 Å². The highest BCUT2D eigenvalue weighted by molar-refractivity contribution is 5.95. The van der Waals surface area contributed by atoms with Crippen molar-refractivity contribution in [2.75, 3.05) is 19.0 Å². The first-order chi connectivity index (χ1) is 13.2. The van der Waals surface area contributed by atoms with E-state index in [9.17, 15) is 4.79 Å². The van der Waals surface area contributed by atoms with Gasteiger partial charge in [-0.3, -0.25) is 4.79 Å². The monoisotopic (exact) mass is 381 g/mol. The highest BCUT2D eigenvalue weighted by Crippen LogP contribution is 2.41. The van der Waals surface area contributed by atoms with Gasteiger partial charge in [0.15, 0.2) is 0 Å². The lowest BCUT2D eigenvalue weighted by Gasteiger charge is -2.39. The molecule has 2 atom stereocenters. The minimum atomic E-state index is 0.00531. The Kier molecular flexibility index (Phi) is 4.68. The normalized spacial score (nSPS) is 24.5. The number of rotatable bonds is 3. The third-order valence-electron chi connectivity index (χ3n) is 6.21. The van der Waals surface area contributed by atoms with Gasteiger partial charge in [0.2, 0.25) is 0 Å². The first-order valence-electron chi connectivity index (χ1n) is 10.3. The molecule has 0 saturated carbocycles. The molecule has 0 aliphatic carbocycles. The molecule has 0 N–H and O–H groups in total. The number of hydrogen-bond acceptors (Lipinski definition) is 4. The molecule has 28 heavy (non-hydrogen) atoms. The van der Waals surface area contributed by atoms with E-state index in [1.54, 1.807) is 0 Å². The number of aromatic nitrogens is 3. The Morgan fingerprint density at radius 3 is 2.36 bits per heavy atom. The van der Waals surface area contributed by atoms with Gasteiger partial charge >= 0.3 is 0 Å². The molecular formula is C22H31N5O. The summed E-state index contributed by atoms with van der Waals surface area (Å²) in [5.41, 5.74) is 2.88. The van der Waals surface area contributed by atoms with E-state index in [4.69, 9.17) is 0 Å². The van der Waals surface area contributed by atoms with Crippen molar-refractivity contribution in [3.63, 3.8) is 0 Å². The zero-order valence-corrected chi connectivity index (χ0v) is 17.6. The van der Waals surface area contributed by atoms with Crippen molar-refractivity contribution >= 4 is 11.6 Å². The Hall–Kier alpha value is -2.37. The fraction of sp³-hybridized carbons (Fsp3) is 0.591. The van der Waals surface area contributed by atoms with Crippen LogP contribution in [0.25, 0.3) is 0 Å². The number of carbonyl (C=O) groups excluding carboxylic acids is 1. The molecule has 2 aliphatic heterocycles. The van der Waals surface area contributed by atoms with Crippen molar-refractivity contribution in [1.29, 1.82) is 0 Å².